The zero-order valence-corrected chi connectivity index (χ0v) is 11.2. The predicted molar refractivity (Wildman–Crippen MR) is 67.1 cm³/mol. The van der Waals surface area contributed by atoms with Gasteiger partial charge in [-0.15, -0.1) is 23.2 Å². The molecule has 1 N–H and O–H groups in total. The zero-order valence-electron chi connectivity index (χ0n) is 8.93. The summed E-state index contributed by atoms with van der Waals surface area (Å²) in [7, 11) is 1.48. The number of alkyl halides is 2. The maximum absolute atomic E-state index is 5.94. The van der Waals surface area contributed by atoms with Crippen molar-refractivity contribution >= 4 is 40.6 Å². The molecule has 0 saturated carbocycles. The second kappa shape index (κ2) is 5.75. The molecule has 1 aromatic heterocycles. The summed E-state index contributed by atoms with van der Waals surface area (Å²) in [5.74, 6) is 1.12. The van der Waals surface area contributed by atoms with Crippen molar-refractivity contribution in [3.8, 4) is 6.01 Å². The van der Waals surface area contributed by atoms with Crippen LogP contribution < -0.4 is 10.1 Å². The summed E-state index contributed by atoms with van der Waals surface area (Å²) in [6.45, 7) is 1.87. The zero-order chi connectivity index (χ0) is 12.2. The third-order valence-electron chi connectivity index (χ3n) is 1.91. The van der Waals surface area contributed by atoms with E-state index in [9.17, 15) is 0 Å². The number of ether oxygens (including phenoxy) is 1. The Kier molecular flexibility index (Phi) is 4.89. The minimum atomic E-state index is -0.480. The molecule has 1 rings (SSSR count). The van der Waals surface area contributed by atoms with Crippen molar-refractivity contribution in [2.75, 3.05) is 24.2 Å². The quantitative estimate of drug-likeness (QED) is 0.845. The van der Waals surface area contributed by atoms with Gasteiger partial charge in [0.2, 0.25) is 0 Å². The van der Waals surface area contributed by atoms with Gasteiger partial charge in [0.1, 0.15) is 5.02 Å². The molecule has 1 heterocycles. The lowest BCUT2D eigenvalue weighted by Crippen LogP contribution is -2.39. The lowest BCUT2D eigenvalue weighted by Gasteiger charge is -2.26. The Morgan fingerprint density at radius 1 is 1.44 bits per heavy atom. The molecule has 0 spiro atoms. The van der Waals surface area contributed by atoms with Crippen LogP contribution in [0, 0.1) is 0 Å². The lowest BCUT2D eigenvalue weighted by molar-refractivity contribution is 0.380. The third-order valence-corrected chi connectivity index (χ3v) is 3.37. The van der Waals surface area contributed by atoms with Crippen LogP contribution >= 0.6 is 34.8 Å². The summed E-state index contributed by atoms with van der Waals surface area (Å²) in [6.07, 6.45) is 1.46. The molecule has 0 amide bonds. The first-order chi connectivity index (χ1) is 7.54. The van der Waals surface area contributed by atoms with E-state index >= 15 is 0 Å². The van der Waals surface area contributed by atoms with Crippen molar-refractivity contribution in [2.24, 2.45) is 0 Å². The van der Waals surface area contributed by atoms with Crippen LogP contribution in [0.25, 0.3) is 0 Å². The average Bonchev–Trinajstić information content (AvgIpc) is 2.32. The fourth-order valence-corrected chi connectivity index (χ4v) is 1.48. The smallest absolute Gasteiger partial charge is 0.318 e. The summed E-state index contributed by atoms with van der Waals surface area (Å²) >= 11 is 17.6. The number of hydrogen-bond acceptors (Lipinski definition) is 4. The molecule has 0 aliphatic rings. The van der Waals surface area contributed by atoms with E-state index in [1.807, 2.05) is 6.92 Å². The van der Waals surface area contributed by atoms with Crippen molar-refractivity contribution in [1.29, 1.82) is 0 Å². The second-order valence-corrected chi connectivity index (χ2v) is 4.45. The number of halogens is 3. The Morgan fingerprint density at radius 2 is 2.06 bits per heavy atom. The van der Waals surface area contributed by atoms with Gasteiger partial charge in [-0.2, -0.15) is 4.98 Å². The lowest BCUT2D eigenvalue weighted by atomic mass is 10.1. The standard InChI is InChI=1S/C9H12Cl3N3O/c1-9(4-10,5-11)15-7-6(12)3-13-8(14-7)16-2/h3H,4-5H2,1-2H3,(H,13,14,15). The van der Waals surface area contributed by atoms with Gasteiger partial charge in [-0.3, -0.25) is 0 Å². The van der Waals surface area contributed by atoms with Gasteiger partial charge in [-0.25, -0.2) is 4.98 Å². The number of methoxy groups -OCH3 is 1. The van der Waals surface area contributed by atoms with Crippen LogP contribution in [-0.4, -0.2) is 34.4 Å². The Balaban J connectivity index is 2.95. The highest BCUT2D eigenvalue weighted by Crippen LogP contribution is 2.24. The topological polar surface area (TPSA) is 47.0 Å². The van der Waals surface area contributed by atoms with E-state index in [-0.39, 0.29) is 6.01 Å². The van der Waals surface area contributed by atoms with Crippen LogP contribution in [0.3, 0.4) is 0 Å². The van der Waals surface area contributed by atoms with E-state index in [1.165, 1.54) is 13.3 Å². The van der Waals surface area contributed by atoms with Crippen molar-refractivity contribution in [3.63, 3.8) is 0 Å². The van der Waals surface area contributed by atoms with Gasteiger partial charge in [0, 0.05) is 11.8 Å². The van der Waals surface area contributed by atoms with Crippen molar-refractivity contribution < 1.29 is 4.74 Å². The second-order valence-electron chi connectivity index (χ2n) is 3.51. The highest BCUT2D eigenvalue weighted by Gasteiger charge is 2.23. The first kappa shape index (κ1) is 13.6. The van der Waals surface area contributed by atoms with E-state index in [0.29, 0.717) is 22.6 Å². The van der Waals surface area contributed by atoms with Crippen molar-refractivity contribution in [3.05, 3.63) is 11.2 Å². The van der Waals surface area contributed by atoms with Crippen LogP contribution in [0.2, 0.25) is 5.02 Å². The molecule has 90 valence electrons. The Labute approximate surface area is 109 Å². The fourth-order valence-electron chi connectivity index (χ4n) is 0.925. The minimum absolute atomic E-state index is 0.235. The van der Waals surface area contributed by atoms with Crippen LogP contribution in [0.5, 0.6) is 6.01 Å². The van der Waals surface area contributed by atoms with Crippen LogP contribution in [0.15, 0.2) is 6.20 Å². The van der Waals surface area contributed by atoms with E-state index in [4.69, 9.17) is 39.5 Å². The highest BCUT2D eigenvalue weighted by atomic mass is 35.5. The summed E-state index contributed by atoms with van der Waals surface area (Å²) in [5, 5.41) is 3.46. The Morgan fingerprint density at radius 3 is 2.56 bits per heavy atom. The van der Waals surface area contributed by atoms with Gasteiger partial charge in [-0.05, 0) is 6.92 Å². The van der Waals surface area contributed by atoms with Crippen LogP contribution in [0.1, 0.15) is 6.92 Å². The van der Waals surface area contributed by atoms with E-state index < -0.39 is 5.54 Å². The summed E-state index contributed by atoms with van der Waals surface area (Å²) < 4.78 is 4.90. The first-order valence-corrected chi connectivity index (χ1v) is 5.96. The van der Waals surface area contributed by atoms with Gasteiger partial charge in [0.25, 0.3) is 0 Å². The third kappa shape index (κ3) is 3.27. The molecular weight excluding hydrogens is 272 g/mol. The SMILES string of the molecule is COc1ncc(Cl)c(NC(C)(CCl)CCl)n1. The van der Waals surface area contributed by atoms with Gasteiger partial charge < -0.3 is 10.1 Å². The van der Waals surface area contributed by atoms with Crippen LogP contribution in [0.4, 0.5) is 5.82 Å². The molecule has 1 aromatic rings. The number of hydrogen-bond donors (Lipinski definition) is 1. The molecule has 0 aliphatic carbocycles. The molecule has 4 nitrogen and oxygen atoms in total. The summed E-state index contributed by atoms with van der Waals surface area (Å²) in [6, 6.07) is 0.235. The first-order valence-electron chi connectivity index (χ1n) is 4.51. The molecule has 0 fully saturated rings. The molecule has 0 bridgehead atoms. The minimum Gasteiger partial charge on any atom is -0.467 e. The van der Waals surface area contributed by atoms with Crippen molar-refractivity contribution in [1.82, 2.24) is 9.97 Å². The molecule has 0 atom stereocenters. The molecule has 16 heavy (non-hydrogen) atoms. The molecule has 0 unspecified atom stereocenters. The molecule has 7 heteroatoms. The largest absolute Gasteiger partial charge is 0.467 e. The van der Waals surface area contributed by atoms with Crippen molar-refractivity contribution in [2.45, 2.75) is 12.5 Å². The molecule has 0 aromatic carbocycles. The van der Waals surface area contributed by atoms with Gasteiger partial charge in [-0.1, -0.05) is 11.6 Å². The molecule has 0 saturated heterocycles. The number of anilines is 1. The molecule has 0 aliphatic heterocycles. The Bertz CT molecular complexity index is 358. The normalized spacial score (nSPS) is 11.3. The number of rotatable bonds is 5. The van der Waals surface area contributed by atoms with Gasteiger partial charge in [0.15, 0.2) is 5.82 Å². The van der Waals surface area contributed by atoms with Crippen LogP contribution in [-0.2, 0) is 0 Å². The molecular formula is C9H12Cl3N3O. The maximum Gasteiger partial charge on any atom is 0.318 e. The maximum atomic E-state index is 5.94. The average molecular weight is 285 g/mol. The van der Waals surface area contributed by atoms with Gasteiger partial charge in [0.05, 0.1) is 18.8 Å². The fraction of sp³-hybridized carbons (Fsp3) is 0.556. The monoisotopic (exact) mass is 283 g/mol. The van der Waals surface area contributed by atoms with E-state index in [2.05, 4.69) is 15.3 Å². The predicted octanol–water partition coefficient (Wildman–Crippen LogP) is 2.79. The summed E-state index contributed by atoms with van der Waals surface area (Å²) in [5.41, 5.74) is -0.480. The van der Waals surface area contributed by atoms with Gasteiger partial charge >= 0.3 is 6.01 Å². The Hall–Kier alpha value is -0.450. The number of nitrogens with zero attached hydrogens (tertiary/aromatic N) is 2. The molecule has 0 radical (unpaired) electrons. The number of aromatic nitrogens is 2. The number of nitrogens with one attached hydrogen (secondary N) is 1. The highest BCUT2D eigenvalue weighted by molar-refractivity contribution is 6.32. The van der Waals surface area contributed by atoms with E-state index in [1.54, 1.807) is 0 Å². The van der Waals surface area contributed by atoms with E-state index in [0.717, 1.165) is 0 Å². The summed E-state index contributed by atoms with van der Waals surface area (Å²) in [4.78, 5) is 7.95.